The number of hydrogen-bond acceptors (Lipinski definition) is 3. The summed E-state index contributed by atoms with van der Waals surface area (Å²) in [5, 5.41) is 2.88. The highest BCUT2D eigenvalue weighted by molar-refractivity contribution is 6.04. The Kier molecular flexibility index (Phi) is 4.86. The molecule has 0 heterocycles. The van der Waals surface area contributed by atoms with Gasteiger partial charge in [-0.3, -0.25) is 9.59 Å². The molecule has 4 heteroatoms. The van der Waals surface area contributed by atoms with Crippen molar-refractivity contribution in [3.05, 3.63) is 65.7 Å². The highest BCUT2D eigenvalue weighted by Gasteiger charge is 2.51. The van der Waals surface area contributed by atoms with E-state index in [1.165, 1.54) is 32.1 Å². The van der Waals surface area contributed by atoms with Gasteiger partial charge >= 0.3 is 5.97 Å². The first-order chi connectivity index (χ1) is 14.2. The van der Waals surface area contributed by atoms with Crippen molar-refractivity contribution in [3.8, 4) is 0 Å². The molecule has 1 N–H and O–H groups in total. The van der Waals surface area contributed by atoms with Crippen molar-refractivity contribution in [3.63, 3.8) is 0 Å². The second kappa shape index (κ2) is 7.66. The third-order valence-electron chi connectivity index (χ3n) is 7.13. The number of carbonyl (C=O) groups is 2. The largest absolute Gasteiger partial charge is 0.461 e. The van der Waals surface area contributed by atoms with Crippen LogP contribution in [0.5, 0.6) is 0 Å². The number of hydrogen-bond donors (Lipinski definition) is 1. The quantitative estimate of drug-likeness (QED) is 0.728. The van der Waals surface area contributed by atoms with Crippen LogP contribution in [0.2, 0.25) is 0 Å². The Hall–Kier alpha value is -2.62. The van der Waals surface area contributed by atoms with Crippen LogP contribution in [0.1, 0.15) is 48.0 Å². The van der Waals surface area contributed by atoms with Gasteiger partial charge < -0.3 is 10.1 Å². The predicted octanol–water partition coefficient (Wildman–Crippen LogP) is 5.05. The van der Waals surface area contributed by atoms with E-state index < -0.39 is 0 Å². The average molecular weight is 389 g/mol. The number of nitrogens with one attached hydrogen (secondary N) is 1. The maximum Gasteiger partial charge on any atom is 0.309 e. The topological polar surface area (TPSA) is 55.4 Å². The smallest absolute Gasteiger partial charge is 0.309 e. The molecule has 0 saturated heterocycles. The van der Waals surface area contributed by atoms with E-state index in [1.807, 2.05) is 42.5 Å². The average Bonchev–Trinajstić information content (AvgIpc) is 2.72. The van der Waals surface area contributed by atoms with Crippen molar-refractivity contribution in [2.45, 2.75) is 38.7 Å². The molecule has 29 heavy (non-hydrogen) atoms. The molecular weight excluding hydrogens is 362 g/mol. The Morgan fingerprint density at radius 2 is 1.45 bits per heavy atom. The zero-order valence-corrected chi connectivity index (χ0v) is 16.6. The van der Waals surface area contributed by atoms with Crippen molar-refractivity contribution in [1.82, 2.24) is 0 Å². The third-order valence-corrected chi connectivity index (χ3v) is 7.13. The SMILES string of the molecule is O=C(Nc1ccccc1)c1ccc(COC(=O)C2C3CC4CC(C3)CC2C4)cc1. The lowest BCUT2D eigenvalue weighted by Crippen LogP contribution is -2.48. The van der Waals surface area contributed by atoms with Gasteiger partial charge in [-0.25, -0.2) is 0 Å². The Morgan fingerprint density at radius 3 is 2.07 bits per heavy atom. The summed E-state index contributed by atoms with van der Waals surface area (Å²) >= 11 is 0. The summed E-state index contributed by atoms with van der Waals surface area (Å²) in [6.07, 6.45) is 6.27. The summed E-state index contributed by atoms with van der Waals surface area (Å²) in [5.41, 5.74) is 2.27. The first-order valence-corrected chi connectivity index (χ1v) is 10.8. The molecule has 2 aromatic rings. The molecule has 4 aliphatic carbocycles. The second-order valence-corrected chi connectivity index (χ2v) is 9.08. The van der Waals surface area contributed by atoms with E-state index in [0.717, 1.165) is 23.1 Å². The van der Waals surface area contributed by atoms with E-state index in [1.54, 1.807) is 12.1 Å². The van der Waals surface area contributed by atoms with Gasteiger partial charge in [-0.05, 0) is 85.6 Å². The van der Waals surface area contributed by atoms with Crippen molar-refractivity contribution in [2.24, 2.45) is 29.6 Å². The third kappa shape index (κ3) is 3.81. The number of anilines is 1. The van der Waals surface area contributed by atoms with E-state index in [9.17, 15) is 9.59 Å². The summed E-state index contributed by atoms with van der Waals surface area (Å²) in [5.74, 6) is 2.76. The van der Waals surface area contributed by atoms with Crippen LogP contribution in [-0.2, 0) is 16.1 Å². The summed E-state index contributed by atoms with van der Waals surface area (Å²) in [7, 11) is 0. The first-order valence-electron chi connectivity index (χ1n) is 10.8. The molecule has 0 spiro atoms. The van der Waals surface area contributed by atoms with Gasteiger partial charge in [0.05, 0.1) is 5.92 Å². The van der Waals surface area contributed by atoms with Crippen LogP contribution in [0.25, 0.3) is 0 Å². The van der Waals surface area contributed by atoms with E-state index >= 15 is 0 Å². The molecule has 0 atom stereocenters. The number of amides is 1. The molecule has 4 fully saturated rings. The molecule has 6 rings (SSSR count). The molecule has 4 bridgehead atoms. The highest BCUT2D eigenvalue weighted by Crippen LogP contribution is 2.56. The van der Waals surface area contributed by atoms with E-state index in [2.05, 4.69) is 5.32 Å². The van der Waals surface area contributed by atoms with E-state index in [4.69, 9.17) is 4.74 Å². The standard InChI is InChI=1S/C25H27NO3/c27-24(26-22-4-2-1-3-5-22)19-8-6-16(7-9-19)15-29-25(28)23-20-11-17-10-18(13-20)14-21(23)12-17/h1-9,17-18,20-21,23H,10-15H2,(H,26,27). The molecule has 0 radical (unpaired) electrons. The summed E-state index contributed by atoms with van der Waals surface area (Å²) in [4.78, 5) is 25.1. The summed E-state index contributed by atoms with van der Waals surface area (Å²) < 4.78 is 5.71. The zero-order valence-electron chi connectivity index (χ0n) is 16.6. The number of rotatable bonds is 5. The van der Waals surface area contributed by atoms with Gasteiger partial charge in [-0.1, -0.05) is 30.3 Å². The van der Waals surface area contributed by atoms with Gasteiger partial charge in [0.1, 0.15) is 6.61 Å². The normalized spacial score (nSPS) is 29.4. The minimum atomic E-state index is -0.145. The Morgan fingerprint density at radius 1 is 0.828 bits per heavy atom. The van der Waals surface area contributed by atoms with Gasteiger partial charge in [-0.2, -0.15) is 0 Å². The number of benzene rings is 2. The van der Waals surface area contributed by atoms with Crippen LogP contribution in [0.15, 0.2) is 54.6 Å². The van der Waals surface area contributed by atoms with Crippen molar-refractivity contribution in [2.75, 3.05) is 5.32 Å². The molecule has 0 aromatic heterocycles. The first kappa shape index (κ1) is 18.4. The molecule has 2 aromatic carbocycles. The maximum atomic E-state index is 12.8. The fourth-order valence-corrected chi connectivity index (χ4v) is 6.04. The lowest BCUT2D eigenvalue weighted by Gasteiger charge is -2.53. The van der Waals surface area contributed by atoms with Crippen molar-refractivity contribution >= 4 is 17.6 Å². The van der Waals surface area contributed by atoms with E-state index in [-0.39, 0.29) is 24.4 Å². The lowest BCUT2D eigenvalue weighted by molar-refractivity contribution is -0.163. The van der Waals surface area contributed by atoms with Crippen LogP contribution >= 0.6 is 0 Å². The molecule has 150 valence electrons. The Balaban J connectivity index is 1.16. The number of ether oxygens (including phenoxy) is 1. The van der Waals surface area contributed by atoms with Gasteiger partial charge in [0, 0.05) is 11.3 Å². The van der Waals surface area contributed by atoms with Crippen LogP contribution in [0.3, 0.4) is 0 Å². The fraction of sp³-hybridized carbons (Fsp3) is 0.440. The van der Waals surface area contributed by atoms with Crippen LogP contribution in [0.4, 0.5) is 5.69 Å². The minimum Gasteiger partial charge on any atom is -0.461 e. The number of para-hydroxylation sites is 1. The van der Waals surface area contributed by atoms with Gasteiger partial charge in [-0.15, -0.1) is 0 Å². The lowest BCUT2D eigenvalue weighted by atomic mass is 9.52. The second-order valence-electron chi connectivity index (χ2n) is 9.08. The fourth-order valence-electron chi connectivity index (χ4n) is 6.04. The monoisotopic (exact) mass is 389 g/mol. The number of carbonyl (C=O) groups excluding carboxylic acids is 2. The predicted molar refractivity (Wildman–Crippen MR) is 111 cm³/mol. The summed E-state index contributed by atoms with van der Waals surface area (Å²) in [6.45, 7) is 0.280. The van der Waals surface area contributed by atoms with Gasteiger partial charge in [0.15, 0.2) is 0 Å². The molecule has 1 amide bonds. The summed E-state index contributed by atoms with van der Waals surface area (Å²) in [6, 6.07) is 16.7. The molecule has 4 saturated carbocycles. The minimum absolute atomic E-state index is 0.00954. The zero-order chi connectivity index (χ0) is 19.8. The van der Waals surface area contributed by atoms with Crippen LogP contribution in [0, 0.1) is 29.6 Å². The van der Waals surface area contributed by atoms with Crippen molar-refractivity contribution in [1.29, 1.82) is 0 Å². The Labute approximate surface area is 171 Å². The molecular formula is C25H27NO3. The van der Waals surface area contributed by atoms with Gasteiger partial charge in [0.25, 0.3) is 5.91 Å². The number of esters is 1. The molecule has 4 aliphatic rings. The van der Waals surface area contributed by atoms with Crippen molar-refractivity contribution < 1.29 is 14.3 Å². The van der Waals surface area contributed by atoms with Gasteiger partial charge in [0.2, 0.25) is 0 Å². The van der Waals surface area contributed by atoms with Crippen LogP contribution < -0.4 is 5.32 Å². The molecule has 0 aliphatic heterocycles. The molecule has 4 nitrogen and oxygen atoms in total. The Bertz CT molecular complexity index is 862. The highest BCUT2D eigenvalue weighted by atomic mass is 16.5. The maximum absolute atomic E-state index is 12.8. The molecule has 0 unspecified atom stereocenters. The van der Waals surface area contributed by atoms with E-state index in [0.29, 0.717) is 17.4 Å². The van der Waals surface area contributed by atoms with Crippen LogP contribution in [-0.4, -0.2) is 11.9 Å².